The zero-order valence-electron chi connectivity index (χ0n) is 16.5. The Balaban J connectivity index is 1.33. The van der Waals surface area contributed by atoms with E-state index >= 15 is 0 Å². The summed E-state index contributed by atoms with van der Waals surface area (Å²) in [6, 6.07) is 11.8. The maximum atomic E-state index is 13.2. The predicted octanol–water partition coefficient (Wildman–Crippen LogP) is 2.97. The van der Waals surface area contributed by atoms with Gasteiger partial charge in [-0.1, -0.05) is 30.3 Å². The molecule has 7 nitrogen and oxygen atoms in total. The summed E-state index contributed by atoms with van der Waals surface area (Å²) < 4.78 is 13.5. The molecule has 0 bridgehead atoms. The van der Waals surface area contributed by atoms with E-state index in [0.717, 1.165) is 29.9 Å². The van der Waals surface area contributed by atoms with E-state index in [-0.39, 0.29) is 17.4 Å². The van der Waals surface area contributed by atoms with Gasteiger partial charge in [0.15, 0.2) is 6.10 Å². The number of rotatable bonds is 6. The molecule has 0 radical (unpaired) electrons. The molecule has 2 aliphatic rings. The normalized spacial score (nSPS) is 18.3. The summed E-state index contributed by atoms with van der Waals surface area (Å²) in [4.78, 5) is 19.9. The summed E-state index contributed by atoms with van der Waals surface area (Å²) in [7, 11) is 1.66. The van der Waals surface area contributed by atoms with Gasteiger partial charge in [-0.05, 0) is 24.5 Å². The summed E-state index contributed by atoms with van der Waals surface area (Å²) in [5.74, 6) is 1.61. The van der Waals surface area contributed by atoms with Gasteiger partial charge < -0.3 is 14.1 Å². The summed E-state index contributed by atoms with van der Waals surface area (Å²) in [5.41, 5.74) is 1.53. The molecule has 1 unspecified atom stereocenters. The highest BCUT2D eigenvalue weighted by atomic mass is 16.5. The molecule has 7 heteroatoms. The van der Waals surface area contributed by atoms with Gasteiger partial charge in [0.2, 0.25) is 11.8 Å². The van der Waals surface area contributed by atoms with E-state index in [1.54, 1.807) is 13.3 Å². The number of methoxy groups -OCH3 is 1. The van der Waals surface area contributed by atoms with Crippen LogP contribution in [-0.4, -0.2) is 39.2 Å². The van der Waals surface area contributed by atoms with Gasteiger partial charge in [0.05, 0.1) is 18.5 Å². The van der Waals surface area contributed by atoms with Crippen molar-refractivity contribution >= 4 is 5.91 Å². The molecule has 150 valence electrons. The number of amides is 1. The number of hydrogen-bond donors (Lipinski definition) is 0. The van der Waals surface area contributed by atoms with Crippen LogP contribution in [0.2, 0.25) is 0 Å². The fourth-order valence-electron chi connectivity index (χ4n) is 4.14. The third-order valence-corrected chi connectivity index (χ3v) is 5.92. The lowest BCUT2D eigenvalue weighted by Crippen LogP contribution is -2.42. The summed E-state index contributed by atoms with van der Waals surface area (Å²) in [6.45, 7) is 1.79. The second kappa shape index (κ2) is 7.15. The number of nitrogens with zero attached hydrogens (tertiary/aromatic N) is 4. The van der Waals surface area contributed by atoms with E-state index < -0.39 is 0 Å². The van der Waals surface area contributed by atoms with Crippen molar-refractivity contribution in [3.63, 3.8) is 0 Å². The Morgan fingerprint density at radius 2 is 2.10 bits per heavy atom. The highest BCUT2D eigenvalue weighted by Gasteiger charge is 2.52. The molecule has 0 N–H and O–H groups in total. The second-order valence-corrected chi connectivity index (χ2v) is 7.91. The van der Waals surface area contributed by atoms with Crippen LogP contribution in [0, 0.1) is 5.41 Å². The van der Waals surface area contributed by atoms with Gasteiger partial charge in [0.25, 0.3) is 0 Å². The highest BCUT2D eigenvalue weighted by molar-refractivity contribution is 5.85. The maximum Gasteiger partial charge on any atom is 0.231 e. The van der Waals surface area contributed by atoms with Crippen LogP contribution in [0.1, 0.15) is 41.9 Å². The van der Waals surface area contributed by atoms with Gasteiger partial charge in [0, 0.05) is 32.5 Å². The van der Waals surface area contributed by atoms with Crippen LogP contribution in [0.5, 0.6) is 0 Å². The molecule has 0 spiro atoms. The molecule has 5 rings (SSSR count). The Bertz CT molecular complexity index is 993. The minimum atomic E-state index is -0.347. The van der Waals surface area contributed by atoms with Crippen LogP contribution < -0.4 is 0 Å². The topological polar surface area (TPSA) is 73.4 Å². The van der Waals surface area contributed by atoms with Crippen LogP contribution in [-0.2, 0) is 29.0 Å². The van der Waals surface area contributed by atoms with E-state index in [2.05, 4.69) is 5.10 Å². The van der Waals surface area contributed by atoms with Gasteiger partial charge in [0.1, 0.15) is 11.5 Å². The summed E-state index contributed by atoms with van der Waals surface area (Å²) >= 11 is 0. The first-order valence-electron chi connectivity index (χ1n) is 10.0. The fourth-order valence-corrected chi connectivity index (χ4v) is 4.14. The van der Waals surface area contributed by atoms with Crippen LogP contribution in [0.25, 0.3) is 0 Å². The monoisotopic (exact) mass is 392 g/mol. The number of carbonyl (C=O) groups excluding carboxylic acids is 1. The summed E-state index contributed by atoms with van der Waals surface area (Å²) in [6.07, 6.45) is 5.83. The molecule has 1 atom stereocenters. The molecule has 0 saturated heterocycles. The molecule has 1 saturated carbocycles. The average molecular weight is 392 g/mol. The molecule has 1 fully saturated rings. The first-order valence-corrected chi connectivity index (χ1v) is 10.0. The lowest BCUT2D eigenvalue weighted by atomic mass is 10.0. The molecule has 1 aliphatic carbocycles. The number of carbonyl (C=O) groups is 1. The molecular formula is C22H24N4O3. The van der Waals surface area contributed by atoms with Crippen molar-refractivity contribution in [2.45, 2.75) is 38.5 Å². The zero-order valence-corrected chi connectivity index (χ0v) is 16.5. The van der Waals surface area contributed by atoms with Crippen molar-refractivity contribution in [2.24, 2.45) is 5.41 Å². The number of ether oxygens (including phenoxy) is 1. The Morgan fingerprint density at radius 3 is 2.79 bits per heavy atom. The van der Waals surface area contributed by atoms with Gasteiger partial charge in [-0.2, -0.15) is 5.10 Å². The molecule has 2 aromatic heterocycles. The van der Waals surface area contributed by atoms with Crippen molar-refractivity contribution in [3.05, 3.63) is 71.7 Å². The molecule has 1 aromatic carbocycles. The predicted molar refractivity (Wildman–Crippen MR) is 105 cm³/mol. The van der Waals surface area contributed by atoms with Crippen molar-refractivity contribution in [1.29, 1.82) is 0 Å². The molecule has 1 aliphatic heterocycles. The van der Waals surface area contributed by atoms with E-state index in [0.29, 0.717) is 31.9 Å². The molecule has 3 aromatic rings. The minimum absolute atomic E-state index is 0.203. The molecule has 1 amide bonds. The fraction of sp³-hybridized carbons (Fsp3) is 0.409. The maximum absolute atomic E-state index is 13.2. The standard InChI is InChI=1S/C22H24N4O3/c1-28-19(16-6-3-2-4-7-16)20-24-17-14-25(13-8-18(17)29-20)21(27)22(9-10-22)15-26-12-5-11-23-26/h2-7,11-12,19H,8-10,13-15H2,1H3. The highest BCUT2D eigenvalue weighted by Crippen LogP contribution is 2.49. The average Bonchev–Trinajstić information content (AvgIpc) is 3.14. The van der Waals surface area contributed by atoms with E-state index in [9.17, 15) is 4.79 Å². The second-order valence-electron chi connectivity index (χ2n) is 7.91. The number of hydrogen-bond acceptors (Lipinski definition) is 5. The van der Waals surface area contributed by atoms with Crippen LogP contribution in [0.15, 0.2) is 53.2 Å². The number of oxazole rings is 1. The van der Waals surface area contributed by atoms with Crippen LogP contribution >= 0.6 is 0 Å². The lowest BCUT2D eigenvalue weighted by molar-refractivity contribution is -0.138. The Morgan fingerprint density at radius 1 is 1.28 bits per heavy atom. The first-order chi connectivity index (χ1) is 14.2. The SMILES string of the molecule is COC(c1ccccc1)c1nc2c(o1)CCN(C(=O)C1(Cn3cccn3)CC1)C2. The Hall–Kier alpha value is -2.93. The summed E-state index contributed by atoms with van der Waals surface area (Å²) in [5, 5.41) is 4.27. The lowest BCUT2D eigenvalue weighted by Gasteiger charge is -2.29. The van der Waals surface area contributed by atoms with Gasteiger partial charge in [-0.3, -0.25) is 9.48 Å². The zero-order chi connectivity index (χ0) is 19.8. The van der Waals surface area contributed by atoms with E-state index in [1.807, 2.05) is 52.2 Å². The Labute approximate surface area is 169 Å². The number of benzene rings is 1. The quantitative estimate of drug-likeness (QED) is 0.645. The minimum Gasteiger partial charge on any atom is -0.442 e. The van der Waals surface area contributed by atoms with Crippen molar-refractivity contribution in [3.8, 4) is 0 Å². The van der Waals surface area contributed by atoms with Gasteiger partial charge in [-0.15, -0.1) is 0 Å². The van der Waals surface area contributed by atoms with Gasteiger partial charge >= 0.3 is 0 Å². The molecule has 3 heterocycles. The third-order valence-electron chi connectivity index (χ3n) is 5.92. The van der Waals surface area contributed by atoms with Crippen LogP contribution in [0.4, 0.5) is 0 Å². The smallest absolute Gasteiger partial charge is 0.231 e. The van der Waals surface area contributed by atoms with Crippen molar-refractivity contribution in [1.82, 2.24) is 19.7 Å². The van der Waals surface area contributed by atoms with E-state index in [1.165, 1.54) is 0 Å². The largest absolute Gasteiger partial charge is 0.442 e. The van der Waals surface area contributed by atoms with E-state index in [4.69, 9.17) is 14.1 Å². The number of aromatic nitrogens is 3. The van der Waals surface area contributed by atoms with Crippen molar-refractivity contribution < 1.29 is 13.9 Å². The molecular weight excluding hydrogens is 368 g/mol. The van der Waals surface area contributed by atoms with Gasteiger partial charge in [-0.25, -0.2) is 4.98 Å². The molecule has 29 heavy (non-hydrogen) atoms. The Kier molecular flexibility index (Phi) is 4.47. The number of fused-ring (bicyclic) bond motifs is 1. The van der Waals surface area contributed by atoms with Crippen molar-refractivity contribution in [2.75, 3.05) is 13.7 Å². The first kappa shape index (κ1) is 18.1. The van der Waals surface area contributed by atoms with Crippen LogP contribution in [0.3, 0.4) is 0 Å². The third kappa shape index (κ3) is 3.35.